The van der Waals surface area contributed by atoms with Crippen LogP contribution in [0.1, 0.15) is 58.6 Å². The van der Waals surface area contributed by atoms with E-state index in [0.29, 0.717) is 18.6 Å². The molecule has 11 heteroatoms. The van der Waals surface area contributed by atoms with Gasteiger partial charge in [0.1, 0.15) is 23.0 Å². The molecule has 5 rings (SSSR count). The van der Waals surface area contributed by atoms with Crippen LogP contribution in [0.15, 0.2) is 23.1 Å². The van der Waals surface area contributed by atoms with E-state index in [0.717, 1.165) is 19.0 Å². The molecule has 2 N–H and O–H groups in total. The molecule has 8 nitrogen and oxygen atoms in total. The number of carbonyl (C=O) groups excluding carboxylic acids is 2. The van der Waals surface area contributed by atoms with Gasteiger partial charge in [-0.1, -0.05) is 0 Å². The molecule has 2 amide bonds. The molecule has 0 unspecified atom stereocenters. The number of aromatic hydroxyl groups is 1. The first-order valence-corrected chi connectivity index (χ1v) is 10.6. The highest BCUT2D eigenvalue weighted by molar-refractivity contribution is 5.99. The Bertz CT molecular complexity index is 1220. The molecule has 0 radical (unpaired) electrons. The number of carbonyl (C=O) groups is 2. The molecule has 2 bridgehead atoms. The van der Waals surface area contributed by atoms with E-state index >= 15 is 0 Å². The number of pyridine rings is 1. The quantitative estimate of drug-likeness (QED) is 0.727. The summed E-state index contributed by atoms with van der Waals surface area (Å²) < 4.78 is 48.5. The maximum absolute atomic E-state index is 14.1. The molecule has 2 aliphatic heterocycles. The molecule has 0 spiro atoms. The third-order valence-corrected chi connectivity index (χ3v) is 6.53. The third-order valence-electron chi connectivity index (χ3n) is 6.53. The maximum atomic E-state index is 14.1. The Morgan fingerprint density at radius 1 is 1.21 bits per heavy atom. The molecule has 1 aromatic carbocycles. The van der Waals surface area contributed by atoms with Gasteiger partial charge in [-0.15, -0.1) is 0 Å². The Labute approximate surface area is 185 Å². The summed E-state index contributed by atoms with van der Waals surface area (Å²) in [5.74, 6) is -5.94. The molecule has 1 saturated heterocycles. The van der Waals surface area contributed by atoms with Crippen LogP contribution in [0.25, 0.3) is 0 Å². The lowest BCUT2D eigenvalue weighted by Crippen LogP contribution is -2.57. The first-order chi connectivity index (χ1) is 15.7. The van der Waals surface area contributed by atoms with Crippen LogP contribution in [0, 0.1) is 17.5 Å². The van der Waals surface area contributed by atoms with E-state index in [1.165, 1.54) is 11.5 Å². The molecule has 4 atom stereocenters. The number of hydrogen-bond acceptors (Lipinski definition) is 5. The Morgan fingerprint density at radius 2 is 1.91 bits per heavy atom. The summed E-state index contributed by atoms with van der Waals surface area (Å²) in [7, 11) is 0. The Morgan fingerprint density at radius 3 is 2.61 bits per heavy atom. The number of aromatic nitrogens is 1. The van der Waals surface area contributed by atoms with Crippen LogP contribution < -0.4 is 10.7 Å². The van der Waals surface area contributed by atoms with Crippen molar-refractivity contribution in [2.45, 2.75) is 57.1 Å². The van der Waals surface area contributed by atoms with E-state index < -0.39 is 63.8 Å². The molecule has 1 aliphatic carbocycles. The summed E-state index contributed by atoms with van der Waals surface area (Å²) in [6.07, 6.45) is 2.85. The minimum Gasteiger partial charge on any atom is -0.503 e. The summed E-state index contributed by atoms with van der Waals surface area (Å²) in [6.45, 7) is 1.37. The van der Waals surface area contributed by atoms with Gasteiger partial charge in [0.25, 0.3) is 11.8 Å². The average molecular weight is 463 g/mol. The third kappa shape index (κ3) is 3.38. The number of halogens is 3. The van der Waals surface area contributed by atoms with Crippen LogP contribution in [-0.2, 0) is 11.3 Å². The van der Waals surface area contributed by atoms with E-state index in [4.69, 9.17) is 4.74 Å². The van der Waals surface area contributed by atoms with Crippen LogP contribution in [0.4, 0.5) is 13.2 Å². The van der Waals surface area contributed by atoms with Crippen molar-refractivity contribution in [3.63, 3.8) is 0 Å². The second-order valence-corrected chi connectivity index (χ2v) is 8.59. The Balaban J connectivity index is 1.47. The molecule has 3 heterocycles. The number of fused-ring (bicyclic) bond motifs is 5. The molecular formula is C22H20F3N3O5. The number of rotatable bonds is 3. The zero-order valence-electron chi connectivity index (χ0n) is 17.5. The normalized spacial score (nSPS) is 24.3. The summed E-state index contributed by atoms with van der Waals surface area (Å²) in [5, 5.41) is 12.8. The van der Waals surface area contributed by atoms with Gasteiger partial charge in [0.15, 0.2) is 17.7 Å². The van der Waals surface area contributed by atoms with Crippen molar-refractivity contribution in [3.05, 3.63) is 62.8 Å². The van der Waals surface area contributed by atoms with E-state index in [9.17, 15) is 32.7 Å². The van der Waals surface area contributed by atoms with Gasteiger partial charge in [-0.2, -0.15) is 0 Å². The van der Waals surface area contributed by atoms with Gasteiger partial charge in [-0.05, 0) is 26.2 Å². The molecule has 33 heavy (non-hydrogen) atoms. The summed E-state index contributed by atoms with van der Waals surface area (Å²) >= 11 is 0. The van der Waals surface area contributed by atoms with Gasteiger partial charge >= 0.3 is 0 Å². The first-order valence-electron chi connectivity index (χ1n) is 10.6. The average Bonchev–Trinajstić information content (AvgIpc) is 3.10. The van der Waals surface area contributed by atoms with E-state index in [1.807, 2.05) is 0 Å². The smallest absolute Gasteiger partial charge is 0.276 e. The van der Waals surface area contributed by atoms with Crippen molar-refractivity contribution >= 4 is 11.8 Å². The summed E-state index contributed by atoms with van der Waals surface area (Å²) in [6, 6.07) is -0.325. The lowest BCUT2D eigenvalue weighted by molar-refractivity contribution is -0.132. The molecule has 2 aromatic rings. The zero-order valence-corrected chi connectivity index (χ0v) is 17.5. The standard InChI is InChI=1S/C22H20F3N3O5/c1-9(17-14(24)4-10(23)5-15(17)25)26-21(31)13-7-27-8-16-28(11-2-3-12(6-11)33-16)22(32)18(27)20(30)19(13)29/h4-5,7,9,11-12,16,30H,2-3,6,8H2,1H3,(H,26,31)/t9-,11-,12-,16-/m1/s1. The van der Waals surface area contributed by atoms with Gasteiger partial charge in [0, 0.05) is 29.9 Å². The van der Waals surface area contributed by atoms with Gasteiger partial charge < -0.3 is 24.6 Å². The fourth-order valence-corrected chi connectivity index (χ4v) is 5.03. The van der Waals surface area contributed by atoms with Gasteiger partial charge in [0.2, 0.25) is 5.43 Å². The van der Waals surface area contributed by atoms with Crippen molar-refractivity contribution in [1.29, 1.82) is 0 Å². The molecule has 1 saturated carbocycles. The van der Waals surface area contributed by atoms with Crippen molar-refractivity contribution in [3.8, 4) is 5.75 Å². The molecule has 3 aliphatic rings. The minimum absolute atomic E-state index is 0.0303. The van der Waals surface area contributed by atoms with Crippen LogP contribution in [0.2, 0.25) is 0 Å². The monoisotopic (exact) mass is 463 g/mol. The van der Waals surface area contributed by atoms with Crippen LogP contribution >= 0.6 is 0 Å². The van der Waals surface area contributed by atoms with Crippen molar-refractivity contribution in [1.82, 2.24) is 14.8 Å². The first kappa shape index (κ1) is 21.5. The van der Waals surface area contributed by atoms with Crippen molar-refractivity contribution < 1.29 is 32.6 Å². The number of nitrogens with zero attached hydrogens (tertiary/aromatic N) is 2. The fourth-order valence-electron chi connectivity index (χ4n) is 5.03. The molecule has 2 fully saturated rings. The van der Waals surface area contributed by atoms with Crippen molar-refractivity contribution in [2.24, 2.45) is 0 Å². The second-order valence-electron chi connectivity index (χ2n) is 8.59. The topological polar surface area (TPSA) is 101 Å². The number of hydrogen-bond donors (Lipinski definition) is 2. The van der Waals surface area contributed by atoms with Gasteiger partial charge in [0.05, 0.1) is 18.7 Å². The second kappa shape index (κ2) is 7.62. The predicted molar refractivity (Wildman–Crippen MR) is 107 cm³/mol. The van der Waals surface area contributed by atoms with Crippen molar-refractivity contribution in [2.75, 3.05) is 0 Å². The Hall–Kier alpha value is -3.34. The lowest BCUT2D eigenvalue weighted by atomic mass is 10.0. The van der Waals surface area contributed by atoms with Gasteiger partial charge in [-0.3, -0.25) is 14.4 Å². The zero-order chi connectivity index (χ0) is 23.6. The minimum atomic E-state index is -1.25. The van der Waals surface area contributed by atoms with E-state index in [2.05, 4.69) is 5.32 Å². The number of amides is 2. The van der Waals surface area contributed by atoms with E-state index in [1.54, 1.807) is 4.90 Å². The fraction of sp³-hybridized carbons (Fsp3) is 0.409. The van der Waals surface area contributed by atoms with Crippen LogP contribution in [0.3, 0.4) is 0 Å². The largest absolute Gasteiger partial charge is 0.503 e. The highest BCUT2D eigenvalue weighted by Crippen LogP contribution is 2.38. The highest BCUT2D eigenvalue weighted by atomic mass is 19.1. The molecule has 1 aromatic heterocycles. The lowest BCUT2D eigenvalue weighted by Gasteiger charge is -2.44. The van der Waals surface area contributed by atoms with Crippen LogP contribution in [-0.4, -0.2) is 44.8 Å². The summed E-state index contributed by atoms with van der Waals surface area (Å²) in [4.78, 5) is 40.1. The summed E-state index contributed by atoms with van der Waals surface area (Å²) in [5.41, 5.74) is -2.40. The molecule has 174 valence electrons. The molecular weight excluding hydrogens is 443 g/mol. The SMILES string of the molecule is C[C@@H](NC(=O)c1cn2c(c(O)c1=O)C(=O)N1[C@@H]3CC[C@H](C3)O[C@@H]1C2)c1c(F)cc(F)cc1F. The van der Waals surface area contributed by atoms with Crippen LogP contribution in [0.5, 0.6) is 5.75 Å². The highest BCUT2D eigenvalue weighted by Gasteiger charge is 2.47. The predicted octanol–water partition coefficient (Wildman–Crippen LogP) is 2.20. The Kier molecular flexibility index (Phi) is 4.96. The number of nitrogens with one attached hydrogen (secondary N) is 1. The van der Waals surface area contributed by atoms with E-state index in [-0.39, 0.29) is 24.4 Å². The number of benzene rings is 1. The maximum Gasteiger partial charge on any atom is 0.276 e. The number of ether oxygens (including phenoxy) is 1. The van der Waals surface area contributed by atoms with Gasteiger partial charge in [-0.25, -0.2) is 13.2 Å².